The lowest BCUT2D eigenvalue weighted by Crippen LogP contribution is -2.19. The van der Waals surface area contributed by atoms with Crippen LogP contribution in [0, 0.1) is 5.82 Å². The van der Waals surface area contributed by atoms with Crippen molar-refractivity contribution in [3.05, 3.63) is 41.2 Å². The van der Waals surface area contributed by atoms with Gasteiger partial charge in [-0.2, -0.15) is 0 Å². The Morgan fingerprint density at radius 3 is 2.76 bits per heavy atom. The highest BCUT2D eigenvalue weighted by Gasteiger charge is 2.05. The van der Waals surface area contributed by atoms with Crippen molar-refractivity contribution < 1.29 is 14.3 Å². The Bertz CT molecular complexity index is 525. The van der Waals surface area contributed by atoms with Crippen molar-refractivity contribution >= 4 is 17.4 Å². The fourth-order valence-corrected chi connectivity index (χ4v) is 2.14. The van der Waals surface area contributed by atoms with Crippen LogP contribution in [0.3, 0.4) is 0 Å². The summed E-state index contributed by atoms with van der Waals surface area (Å²) in [6, 6.07) is 6.02. The Hall–Kier alpha value is -1.95. The van der Waals surface area contributed by atoms with E-state index in [0.717, 1.165) is 15.4 Å². The number of amides is 1. The Balaban J connectivity index is 2.12. The molecule has 0 aliphatic carbocycles. The lowest BCUT2D eigenvalue weighted by Gasteiger charge is -1.96. The van der Waals surface area contributed by atoms with E-state index >= 15 is 0 Å². The summed E-state index contributed by atoms with van der Waals surface area (Å²) in [5.74, 6) is -0.293. The quantitative estimate of drug-likeness (QED) is 0.882. The van der Waals surface area contributed by atoms with Crippen LogP contribution >= 0.6 is 11.3 Å². The lowest BCUT2D eigenvalue weighted by molar-refractivity contribution is 0.194. The van der Waals surface area contributed by atoms with Gasteiger partial charge in [0, 0.05) is 16.6 Å². The molecule has 2 aromatic rings. The molecule has 1 amide bonds. The highest BCUT2D eigenvalue weighted by atomic mass is 32.1. The van der Waals surface area contributed by atoms with Crippen molar-refractivity contribution in [2.45, 2.75) is 6.54 Å². The van der Waals surface area contributed by atoms with E-state index in [9.17, 15) is 9.18 Å². The van der Waals surface area contributed by atoms with Crippen molar-refractivity contribution in [1.82, 2.24) is 10.3 Å². The average Bonchev–Trinajstić information content (AvgIpc) is 2.76. The number of aromatic nitrogens is 1. The van der Waals surface area contributed by atoms with Gasteiger partial charge in [-0.3, -0.25) is 0 Å². The molecule has 0 radical (unpaired) electrons. The number of hydrogen-bond donors (Lipinski definition) is 2. The Morgan fingerprint density at radius 2 is 2.12 bits per heavy atom. The molecule has 4 nitrogen and oxygen atoms in total. The molecular weight excluding hydrogens is 243 g/mol. The third-order valence-corrected chi connectivity index (χ3v) is 3.10. The summed E-state index contributed by atoms with van der Waals surface area (Å²) < 4.78 is 12.7. The molecule has 1 heterocycles. The van der Waals surface area contributed by atoms with Crippen molar-refractivity contribution in [3.63, 3.8) is 0 Å². The molecule has 2 rings (SSSR count). The second-order valence-corrected chi connectivity index (χ2v) is 4.41. The topological polar surface area (TPSA) is 62.2 Å². The van der Waals surface area contributed by atoms with E-state index < -0.39 is 6.09 Å². The Kier molecular flexibility index (Phi) is 3.34. The van der Waals surface area contributed by atoms with E-state index in [0.29, 0.717) is 0 Å². The van der Waals surface area contributed by atoms with Crippen LogP contribution in [0.4, 0.5) is 9.18 Å². The van der Waals surface area contributed by atoms with E-state index in [4.69, 9.17) is 5.11 Å². The first-order valence-electron chi connectivity index (χ1n) is 4.82. The summed E-state index contributed by atoms with van der Waals surface area (Å²) in [4.78, 5) is 15.3. The molecule has 0 spiro atoms. The normalized spacial score (nSPS) is 10.2. The first-order valence-corrected chi connectivity index (χ1v) is 5.64. The highest BCUT2D eigenvalue weighted by molar-refractivity contribution is 7.15. The van der Waals surface area contributed by atoms with Crippen molar-refractivity contribution in [2.24, 2.45) is 0 Å². The van der Waals surface area contributed by atoms with Gasteiger partial charge in [-0.1, -0.05) is 0 Å². The monoisotopic (exact) mass is 252 g/mol. The average molecular weight is 252 g/mol. The maximum atomic E-state index is 12.7. The maximum absolute atomic E-state index is 12.7. The standard InChI is InChI=1S/C11H9FN2O2S/c12-8-3-1-7(2-4-8)10-13-5-9(17-10)6-14-11(15)16/h1-5,14H,6H2,(H,15,16). The number of nitrogens with one attached hydrogen (secondary N) is 1. The molecule has 0 aliphatic rings. The number of carboxylic acid groups (broad SMARTS) is 1. The van der Waals surface area contributed by atoms with Crippen LogP contribution in [0.15, 0.2) is 30.5 Å². The zero-order chi connectivity index (χ0) is 12.3. The first-order chi connectivity index (χ1) is 8.15. The molecule has 0 bridgehead atoms. The van der Waals surface area contributed by atoms with E-state index in [1.54, 1.807) is 18.3 Å². The van der Waals surface area contributed by atoms with E-state index in [1.165, 1.54) is 23.5 Å². The fraction of sp³-hybridized carbons (Fsp3) is 0.0909. The summed E-state index contributed by atoms with van der Waals surface area (Å²) in [6.07, 6.45) is 0.543. The van der Waals surface area contributed by atoms with Gasteiger partial charge in [-0.05, 0) is 24.3 Å². The largest absolute Gasteiger partial charge is 0.465 e. The van der Waals surface area contributed by atoms with Gasteiger partial charge in [0.05, 0.1) is 6.54 Å². The molecule has 2 N–H and O–H groups in total. The molecule has 0 fully saturated rings. The van der Waals surface area contributed by atoms with Crippen LogP contribution in [-0.4, -0.2) is 16.2 Å². The minimum Gasteiger partial charge on any atom is -0.465 e. The van der Waals surface area contributed by atoms with Gasteiger partial charge in [0.25, 0.3) is 0 Å². The molecule has 0 saturated heterocycles. The molecular formula is C11H9FN2O2S. The Labute approximate surface area is 101 Å². The number of carbonyl (C=O) groups is 1. The van der Waals surface area contributed by atoms with Gasteiger partial charge >= 0.3 is 6.09 Å². The van der Waals surface area contributed by atoms with Crippen molar-refractivity contribution in [3.8, 4) is 10.6 Å². The molecule has 0 saturated carbocycles. The number of benzene rings is 1. The third-order valence-electron chi connectivity index (χ3n) is 2.06. The fourth-order valence-electron chi connectivity index (χ4n) is 1.28. The third kappa shape index (κ3) is 3.01. The molecule has 17 heavy (non-hydrogen) atoms. The van der Waals surface area contributed by atoms with Crippen LogP contribution in [0.5, 0.6) is 0 Å². The minimum atomic E-state index is -1.07. The predicted octanol–water partition coefficient (Wildman–Crippen LogP) is 2.72. The van der Waals surface area contributed by atoms with E-state index in [1.807, 2.05) is 0 Å². The lowest BCUT2D eigenvalue weighted by atomic mass is 10.2. The minimum absolute atomic E-state index is 0.230. The summed E-state index contributed by atoms with van der Waals surface area (Å²) in [6.45, 7) is 0.230. The molecule has 1 aromatic heterocycles. The van der Waals surface area contributed by atoms with E-state index in [2.05, 4.69) is 10.3 Å². The van der Waals surface area contributed by atoms with Crippen molar-refractivity contribution in [2.75, 3.05) is 0 Å². The first kappa shape index (κ1) is 11.5. The Morgan fingerprint density at radius 1 is 1.41 bits per heavy atom. The number of thiazole rings is 1. The smallest absolute Gasteiger partial charge is 0.404 e. The number of hydrogen-bond acceptors (Lipinski definition) is 3. The SMILES string of the molecule is O=C(O)NCc1cnc(-c2ccc(F)cc2)s1. The highest BCUT2D eigenvalue weighted by Crippen LogP contribution is 2.25. The molecule has 1 aromatic carbocycles. The number of rotatable bonds is 3. The van der Waals surface area contributed by atoms with Gasteiger partial charge in [0.15, 0.2) is 0 Å². The van der Waals surface area contributed by atoms with Gasteiger partial charge in [0.1, 0.15) is 10.8 Å². The summed E-state index contributed by atoms with van der Waals surface area (Å²) in [5, 5.41) is 11.5. The summed E-state index contributed by atoms with van der Waals surface area (Å²) in [7, 11) is 0. The molecule has 6 heteroatoms. The van der Waals surface area contributed by atoms with Gasteiger partial charge in [0.2, 0.25) is 0 Å². The van der Waals surface area contributed by atoms with E-state index in [-0.39, 0.29) is 12.4 Å². The number of nitrogens with zero attached hydrogens (tertiary/aromatic N) is 1. The predicted molar refractivity (Wildman–Crippen MR) is 62.4 cm³/mol. The molecule has 88 valence electrons. The zero-order valence-corrected chi connectivity index (χ0v) is 9.50. The van der Waals surface area contributed by atoms with Gasteiger partial charge in [-0.15, -0.1) is 11.3 Å². The second-order valence-electron chi connectivity index (χ2n) is 3.30. The summed E-state index contributed by atoms with van der Waals surface area (Å²) >= 11 is 1.37. The molecule has 0 atom stereocenters. The number of halogens is 1. The summed E-state index contributed by atoms with van der Waals surface area (Å²) in [5.41, 5.74) is 0.818. The maximum Gasteiger partial charge on any atom is 0.404 e. The van der Waals surface area contributed by atoms with Crippen LogP contribution in [0.25, 0.3) is 10.6 Å². The zero-order valence-electron chi connectivity index (χ0n) is 8.68. The van der Waals surface area contributed by atoms with Crippen LogP contribution in [0.2, 0.25) is 0 Å². The van der Waals surface area contributed by atoms with Crippen LogP contribution < -0.4 is 5.32 Å². The molecule has 0 aliphatic heterocycles. The second kappa shape index (κ2) is 4.92. The van der Waals surface area contributed by atoms with Crippen LogP contribution in [-0.2, 0) is 6.54 Å². The van der Waals surface area contributed by atoms with Gasteiger partial charge < -0.3 is 10.4 Å². The van der Waals surface area contributed by atoms with Crippen LogP contribution in [0.1, 0.15) is 4.88 Å². The molecule has 0 unspecified atom stereocenters. The van der Waals surface area contributed by atoms with Crippen molar-refractivity contribution in [1.29, 1.82) is 0 Å². The van der Waals surface area contributed by atoms with Gasteiger partial charge in [-0.25, -0.2) is 14.2 Å².